The first-order chi connectivity index (χ1) is 10.2. The van der Waals surface area contributed by atoms with E-state index in [0.29, 0.717) is 24.4 Å². The van der Waals surface area contributed by atoms with Gasteiger partial charge in [0.25, 0.3) is 5.91 Å². The minimum atomic E-state index is 0.0604. The van der Waals surface area contributed by atoms with E-state index in [-0.39, 0.29) is 11.8 Å². The first kappa shape index (κ1) is 14.1. The summed E-state index contributed by atoms with van der Waals surface area (Å²) < 4.78 is 0. The lowest BCUT2D eigenvalue weighted by Gasteiger charge is -2.18. The number of rotatable bonds is 3. The summed E-state index contributed by atoms with van der Waals surface area (Å²) in [5.41, 5.74) is 7.23. The fourth-order valence-corrected chi connectivity index (χ4v) is 3.10. The molecule has 21 heavy (non-hydrogen) atoms. The van der Waals surface area contributed by atoms with Crippen molar-refractivity contribution in [1.82, 2.24) is 4.90 Å². The maximum absolute atomic E-state index is 12.4. The van der Waals surface area contributed by atoms with Gasteiger partial charge in [-0.15, -0.1) is 0 Å². The molecule has 1 aromatic rings. The van der Waals surface area contributed by atoms with Crippen LogP contribution >= 0.6 is 0 Å². The average molecular weight is 287 g/mol. The van der Waals surface area contributed by atoms with Crippen LogP contribution in [0.1, 0.15) is 29.6 Å². The zero-order chi connectivity index (χ0) is 14.8. The number of anilines is 1. The van der Waals surface area contributed by atoms with Gasteiger partial charge < -0.3 is 15.5 Å². The summed E-state index contributed by atoms with van der Waals surface area (Å²) in [6.45, 7) is 2.95. The van der Waals surface area contributed by atoms with Gasteiger partial charge in [0, 0.05) is 37.3 Å². The van der Waals surface area contributed by atoms with E-state index in [0.717, 1.165) is 38.2 Å². The molecule has 0 spiro atoms. The Morgan fingerprint density at radius 1 is 1.24 bits per heavy atom. The van der Waals surface area contributed by atoms with Crippen LogP contribution in [-0.4, -0.2) is 42.9 Å². The highest BCUT2D eigenvalue weighted by atomic mass is 16.2. The lowest BCUT2D eigenvalue weighted by molar-refractivity contribution is -0.117. The summed E-state index contributed by atoms with van der Waals surface area (Å²) in [6.07, 6.45) is 2.52. The zero-order valence-electron chi connectivity index (χ0n) is 12.1. The van der Waals surface area contributed by atoms with Crippen LogP contribution in [0.15, 0.2) is 24.3 Å². The number of carbonyl (C=O) groups excluding carboxylic acids is 2. The third-order valence-corrected chi connectivity index (χ3v) is 4.41. The van der Waals surface area contributed by atoms with Crippen LogP contribution < -0.4 is 10.6 Å². The Morgan fingerprint density at radius 3 is 2.57 bits per heavy atom. The Morgan fingerprint density at radius 2 is 2.00 bits per heavy atom. The maximum atomic E-state index is 12.4. The SMILES string of the molecule is NC[C@H]1CCN(C(=O)c2ccc(N3CCCC3=O)cc2)C1. The highest BCUT2D eigenvalue weighted by Gasteiger charge is 2.26. The second-order valence-electron chi connectivity index (χ2n) is 5.84. The number of nitrogens with zero attached hydrogens (tertiary/aromatic N) is 2. The number of benzene rings is 1. The van der Waals surface area contributed by atoms with Crippen molar-refractivity contribution >= 4 is 17.5 Å². The highest BCUT2D eigenvalue weighted by molar-refractivity contribution is 5.97. The van der Waals surface area contributed by atoms with Gasteiger partial charge in [0.05, 0.1) is 0 Å². The predicted octanol–water partition coefficient (Wildman–Crippen LogP) is 1.23. The molecule has 2 fully saturated rings. The Hall–Kier alpha value is -1.88. The smallest absolute Gasteiger partial charge is 0.253 e. The van der Waals surface area contributed by atoms with Crippen LogP contribution in [0.3, 0.4) is 0 Å². The van der Waals surface area contributed by atoms with Gasteiger partial charge in [-0.05, 0) is 49.6 Å². The van der Waals surface area contributed by atoms with Gasteiger partial charge in [0.1, 0.15) is 0 Å². The van der Waals surface area contributed by atoms with Gasteiger partial charge in [-0.3, -0.25) is 9.59 Å². The quantitative estimate of drug-likeness (QED) is 0.909. The van der Waals surface area contributed by atoms with Crippen LogP contribution in [0, 0.1) is 5.92 Å². The summed E-state index contributed by atoms with van der Waals surface area (Å²) >= 11 is 0. The fourth-order valence-electron chi connectivity index (χ4n) is 3.10. The molecule has 2 amide bonds. The molecule has 2 aliphatic rings. The molecule has 2 heterocycles. The molecule has 0 aromatic heterocycles. The van der Waals surface area contributed by atoms with Crippen molar-refractivity contribution < 1.29 is 9.59 Å². The van der Waals surface area contributed by atoms with E-state index in [4.69, 9.17) is 5.73 Å². The van der Waals surface area contributed by atoms with E-state index in [1.54, 1.807) is 4.90 Å². The van der Waals surface area contributed by atoms with E-state index in [2.05, 4.69) is 0 Å². The van der Waals surface area contributed by atoms with Gasteiger partial charge in [0.15, 0.2) is 0 Å². The second-order valence-corrected chi connectivity index (χ2v) is 5.84. The molecule has 0 radical (unpaired) electrons. The first-order valence-corrected chi connectivity index (χ1v) is 7.59. The van der Waals surface area contributed by atoms with Crippen molar-refractivity contribution in [2.75, 3.05) is 31.1 Å². The van der Waals surface area contributed by atoms with Crippen molar-refractivity contribution in [2.45, 2.75) is 19.3 Å². The van der Waals surface area contributed by atoms with Gasteiger partial charge in [-0.25, -0.2) is 0 Å². The molecule has 112 valence electrons. The number of hydrogen-bond donors (Lipinski definition) is 1. The number of likely N-dealkylation sites (tertiary alicyclic amines) is 1. The second kappa shape index (κ2) is 5.85. The summed E-state index contributed by atoms with van der Waals surface area (Å²) in [7, 11) is 0. The largest absolute Gasteiger partial charge is 0.338 e. The van der Waals surface area contributed by atoms with E-state index in [1.807, 2.05) is 29.2 Å². The number of nitrogens with two attached hydrogens (primary N) is 1. The van der Waals surface area contributed by atoms with E-state index in [9.17, 15) is 9.59 Å². The Labute approximate surface area is 124 Å². The van der Waals surface area contributed by atoms with Crippen LogP contribution in [0.5, 0.6) is 0 Å². The molecule has 1 aromatic carbocycles. The molecule has 0 aliphatic carbocycles. The van der Waals surface area contributed by atoms with Crippen molar-refractivity contribution in [3.8, 4) is 0 Å². The van der Waals surface area contributed by atoms with Crippen LogP contribution in [-0.2, 0) is 4.79 Å². The Kier molecular flexibility index (Phi) is 3.92. The minimum Gasteiger partial charge on any atom is -0.338 e. The van der Waals surface area contributed by atoms with Crippen molar-refractivity contribution in [3.63, 3.8) is 0 Å². The van der Waals surface area contributed by atoms with Crippen LogP contribution in [0.2, 0.25) is 0 Å². The van der Waals surface area contributed by atoms with Gasteiger partial charge in [0.2, 0.25) is 5.91 Å². The molecule has 0 unspecified atom stereocenters. The highest BCUT2D eigenvalue weighted by Crippen LogP contribution is 2.23. The number of carbonyl (C=O) groups is 2. The van der Waals surface area contributed by atoms with E-state index >= 15 is 0 Å². The average Bonchev–Trinajstić information content (AvgIpc) is 3.15. The summed E-state index contributed by atoms with van der Waals surface area (Å²) in [6, 6.07) is 7.37. The first-order valence-electron chi connectivity index (χ1n) is 7.59. The summed E-state index contributed by atoms with van der Waals surface area (Å²) in [4.78, 5) is 27.8. The maximum Gasteiger partial charge on any atom is 0.253 e. The fraction of sp³-hybridized carbons (Fsp3) is 0.500. The number of amides is 2. The predicted molar refractivity (Wildman–Crippen MR) is 81.1 cm³/mol. The third-order valence-electron chi connectivity index (χ3n) is 4.41. The van der Waals surface area contributed by atoms with Gasteiger partial charge in [-0.2, -0.15) is 0 Å². The summed E-state index contributed by atoms with van der Waals surface area (Å²) in [5, 5.41) is 0. The monoisotopic (exact) mass is 287 g/mol. The molecule has 0 bridgehead atoms. The molecular weight excluding hydrogens is 266 g/mol. The van der Waals surface area contributed by atoms with E-state index < -0.39 is 0 Å². The number of hydrogen-bond acceptors (Lipinski definition) is 3. The summed E-state index contributed by atoms with van der Waals surface area (Å²) in [5.74, 6) is 0.653. The molecule has 1 atom stereocenters. The van der Waals surface area contributed by atoms with Gasteiger partial charge >= 0.3 is 0 Å². The zero-order valence-corrected chi connectivity index (χ0v) is 12.1. The molecule has 5 heteroatoms. The van der Waals surface area contributed by atoms with Gasteiger partial charge in [-0.1, -0.05) is 0 Å². The lowest BCUT2D eigenvalue weighted by atomic mass is 10.1. The third kappa shape index (κ3) is 2.78. The van der Waals surface area contributed by atoms with Crippen molar-refractivity contribution in [2.24, 2.45) is 11.7 Å². The van der Waals surface area contributed by atoms with Crippen LogP contribution in [0.25, 0.3) is 0 Å². The van der Waals surface area contributed by atoms with Crippen LogP contribution in [0.4, 0.5) is 5.69 Å². The Balaban J connectivity index is 1.69. The Bertz CT molecular complexity index is 541. The molecule has 5 nitrogen and oxygen atoms in total. The van der Waals surface area contributed by atoms with E-state index in [1.165, 1.54) is 0 Å². The minimum absolute atomic E-state index is 0.0604. The standard InChI is InChI=1S/C16H21N3O2/c17-10-12-7-9-18(11-12)16(21)13-3-5-14(6-4-13)19-8-1-2-15(19)20/h3-6,12H,1-2,7-11,17H2/t12-/m1/s1. The molecule has 2 aliphatic heterocycles. The normalized spacial score (nSPS) is 22.1. The molecule has 3 rings (SSSR count). The molecular formula is C16H21N3O2. The molecule has 2 N–H and O–H groups in total. The molecule has 0 saturated carbocycles. The van der Waals surface area contributed by atoms with Crippen molar-refractivity contribution in [1.29, 1.82) is 0 Å². The van der Waals surface area contributed by atoms with Crippen molar-refractivity contribution in [3.05, 3.63) is 29.8 Å². The molecule has 2 saturated heterocycles. The lowest BCUT2D eigenvalue weighted by Crippen LogP contribution is -2.30. The topological polar surface area (TPSA) is 66.6 Å².